The number of aromatic nitrogens is 3. The molecular formula is C18H23F3N4O3S. The van der Waals surface area contributed by atoms with Gasteiger partial charge < -0.3 is 0 Å². The minimum Gasteiger partial charge on any atom is -0.281 e. The van der Waals surface area contributed by atoms with Gasteiger partial charge in [-0.15, -0.1) is 0 Å². The van der Waals surface area contributed by atoms with E-state index >= 15 is 0 Å². The smallest absolute Gasteiger partial charge is 0.281 e. The van der Waals surface area contributed by atoms with Crippen LogP contribution in [-0.4, -0.2) is 40.8 Å². The van der Waals surface area contributed by atoms with Gasteiger partial charge in [0.05, 0.1) is 15.2 Å². The molecule has 1 aliphatic heterocycles. The number of alkyl halides is 3. The summed E-state index contributed by atoms with van der Waals surface area (Å²) < 4.78 is 63.8. The lowest BCUT2D eigenvalue weighted by atomic mass is 9.85. The van der Waals surface area contributed by atoms with Crippen molar-refractivity contribution >= 4 is 21.7 Å². The molecule has 0 unspecified atom stereocenters. The van der Waals surface area contributed by atoms with Gasteiger partial charge in [0.2, 0.25) is 11.9 Å². The monoisotopic (exact) mass is 432 g/mol. The Labute approximate surface area is 167 Å². The minimum atomic E-state index is -4.64. The summed E-state index contributed by atoms with van der Waals surface area (Å²) in [7, 11) is -4.12. The Bertz CT molecular complexity index is 972. The third kappa shape index (κ3) is 4.14. The fourth-order valence-electron chi connectivity index (χ4n) is 3.34. The molecule has 2 heterocycles. The second-order valence-corrected chi connectivity index (χ2v) is 9.71. The summed E-state index contributed by atoms with van der Waals surface area (Å²) in [5, 5.41) is 6.28. The van der Waals surface area contributed by atoms with Crippen molar-refractivity contribution in [1.82, 2.24) is 15.2 Å². The zero-order valence-electron chi connectivity index (χ0n) is 15.2. The number of amides is 1. The number of hydrogen-bond acceptors (Lipinski definition) is 5. The number of halogens is 3. The molecule has 1 amide bonds. The summed E-state index contributed by atoms with van der Waals surface area (Å²) in [4.78, 5) is 17.4. The van der Waals surface area contributed by atoms with E-state index in [-0.39, 0.29) is 32.2 Å². The molecule has 1 saturated heterocycles. The highest BCUT2D eigenvalue weighted by Crippen LogP contribution is 2.40. The van der Waals surface area contributed by atoms with Gasteiger partial charge >= 0.3 is 6.18 Å². The maximum atomic E-state index is 13.1. The Morgan fingerprint density at radius 1 is 1.24 bits per heavy atom. The first-order valence-corrected chi connectivity index (χ1v) is 10.0. The predicted octanol–water partition coefficient (Wildman–Crippen LogP) is 3.46. The van der Waals surface area contributed by atoms with Gasteiger partial charge in [-0.2, -0.15) is 23.3 Å². The van der Waals surface area contributed by atoms with Crippen LogP contribution in [0.25, 0.3) is 0 Å². The molecule has 3 rings (SSSR count). The summed E-state index contributed by atoms with van der Waals surface area (Å²) in [6.07, 6.45) is -3.09. The Morgan fingerprint density at radius 3 is 2.48 bits per heavy atom. The van der Waals surface area contributed by atoms with Gasteiger partial charge in [-0.3, -0.25) is 9.69 Å². The number of sulfone groups is 1. The van der Waals surface area contributed by atoms with Crippen LogP contribution in [0, 0.1) is 5.92 Å². The van der Waals surface area contributed by atoms with Crippen LogP contribution < -0.4 is 4.90 Å². The molecule has 1 fully saturated rings. The molecule has 7 nitrogen and oxygen atoms in total. The van der Waals surface area contributed by atoms with Gasteiger partial charge in [-0.1, -0.05) is 13.5 Å². The second-order valence-electron chi connectivity index (χ2n) is 7.18. The molecule has 0 radical (unpaired) electrons. The normalized spacial score (nSPS) is 18.4. The Kier molecular flexibility index (Phi) is 6.12. The maximum absolute atomic E-state index is 13.1. The highest BCUT2D eigenvalue weighted by atomic mass is 32.2. The standard InChI is InChI=1S/C17H19F3N4O3S.CH4/c1-16(2,11-6-7-24(14(25)9-11)15-21-10-22-23-15)28(26,27)13-5-3-4-12(8-13)17(18,19)20;/h3-5,8,10-11H,6-7,9H2,1-2H3,(H,21,22,23);1H4/t11-;/m0./s1. The van der Waals surface area contributed by atoms with Crippen molar-refractivity contribution < 1.29 is 26.4 Å². The highest BCUT2D eigenvalue weighted by Gasteiger charge is 2.46. The quantitative estimate of drug-likeness (QED) is 0.798. The van der Waals surface area contributed by atoms with E-state index in [2.05, 4.69) is 15.2 Å². The molecule has 0 aliphatic carbocycles. The SMILES string of the molecule is C.CC(C)([C@H]1CCN(c2ncn[nH]2)C(=O)C1)S(=O)(=O)c1cccc(C(F)(F)F)c1. The third-order valence-corrected chi connectivity index (χ3v) is 7.82. The maximum Gasteiger partial charge on any atom is 0.416 e. The molecule has 1 atom stereocenters. The van der Waals surface area contributed by atoms with Gasteiger partial charge in [0.25, 0.3) is 0 Å². The number of carbonyl (C=O) groups is 1. The van der Waals surface area contributed by atoms with E-state index in [0.29, 0.717) is 12.5 Å². The average Bonchev–Trinajstić information content (AvgIpc) is 3.15. The molecule has 0 saturated carbocycles. The molecule has 11 heteroatoms. The largest absolute Gasteiger partial charge is 0.416 e. The van der Waals surface area contributed by atoms with Crippen LogP contribution in [0.15, 0.2) is 35.5 Å². The van der Waals surface area contributed by atoms with Crippen LogP contribution in [0.3, 0.4) is 0 Å². The van der Waals surface area contributed by atoms with E-state index < -0.39 is 37.1 Å². The zero-order chi connectivity index (χ0) is 20.7. The van der Waals surface area contributed by atoms with E-state index in [1.165, 1.54) is 25.1 Å². The Morgan fingerprint density at radius 2 is 1.93 bits per heavy atom. The lowest BCUT2D eigenvalue weighted by molar-refractivity contribution is -0.137. The number of carbonyl (C=O) groups excluding carboxylic acids is 1. The topological polar surface area (TPSA) is 96.0 Å². The van der Waals surface area contributed by atoms with Crippen molar-refractivity contribution in [3.63, 3.8) is 0 Å². The fraction of sp³-hybridized carbons (Fsp3) is 0.500. The van der Waals surface area contributed by atoms with Crippen molar-refractivity contribution in [3.8, 4) is 0 Å². The van der Waals surface area contributed by atoms with Crippen molar-refractivity contribution in [2.45, 2.75) is 49.9 Å². The first kappa shape index (κ1) is 22.9. The lowest BCUT2D eigenvalue weighted by Gasteiger charge is -2.38. The van der Waals surface area contributed by atoms with Crippen molar-refractivity contribution in [2.24, 2.45) is 5.92 Å². The van der Waals surface area contributed by atoms with E-state index in [4.69, 9.17) is 0 Å². The summed E-state index contributed by atoms with van der Waals surface area (Å²) in [6.45, 7) is 3.13. The number of anilines is 1. The van der Waals surface area contributed by atoms with E-state index in [1.807, 2.05) is 0 Å². The van der Waals surface area contributed by atoms with Crippen LogP contribution in [-0.2, 0) is 20.8 Å². The number of H-pyrrole nitrogens is 1. The number of nitrogens with one attached hydrogen (secondary N) is 1. The van der Waals surface area contributed by atoms with Gasteiger partial charge in [-0.05, 0) is 44.4 Å². The first-order valence-electron chi connectivity index (χ1n) is 8.52. The molecule has 1 aromatic heterocycles. The molecule has 1 N–H and O–H groups in total. The predicted molar refractivity (Wildman–Crippen MR) is 101 cm³/mol. The molecule has 29 heavy (non-hydrogen) atoms. The van der Waals surface area contributed by atoms with Crippen molar-refractivity contribution in [3.05, 3.63) is 36.2 Å². The highest BCUT2D eigenvalue weighted by molar-refractivity contribution is 7.92. The second kappa shape index (κ2) is 7.77. The number of benzene rings is 1. The minimum absolute atomic E-state index is 0. The van der Waals surface area contributed by atoms with Crippen LogP contribution in [0.5, 0.6) is 0 Å². The van der Waals surface area contributed by atoms with Crippen LogP contribution in [0.1, 0.15) is 39.7 Å². The average molecular weight is 432 g/mol. The van der Waals surface area contributed by atoms with Crippen LogP contribution in [0.4, 0.5) is 19.1 Å². The Hall–Kier alpha value is -2.43. The third-order valence-electron chi connectivity index (χ3n) is 5.23. The van der Waals surface area contributed by atoms with Crippen LogP contribution >= 0.6 is 0 Å². The van der Waals surface area contributed by atoms with Gasteiger partial charge in [0.15, 0.2) is 9.84 Å². The van der Waals surface area contributed by atoms with E-state index in [9.17, 15) is 26.4 Å². The molecule has 0 bridgehead atoms. The number of nitrogens with zero attached hydrogens (tertiary/aromatic N) is 3. The van der Waals surface area contributed by atoms with Crippen molar-refractivity contribution in [2.75, 3.05) is 11.4 Å². The molecule has 160 valence electrons. The molecule has 0 spiro atoms. The Balaban J connectivity index is 0.00000300. The van der Waals surface area contributed by atoms with E-state index in [1.54, 1.807) is 0 Å². The number of piperidine rings is 1. The van der Waals surface area contributed by atoms with Gasteiger partial charge in [0.1, 0.15) is 6.33 Å². The molecule has 2 aromatic rings. The van der Waals surface area contributed by atoms with Crippen molar-refractivity contribution in [1.29, 1.82) is 0 Å². The summed E-state index contributed by atoms with van der Waals surface area (Å²) in [5.41, 5.74) is -1.03. The number of aromatic amines is 1. The molecule has 1 aliphatic rings. The van der Waals surface area contributed by atoms with Crippen LogP contribution in [0.2, 0.25) is 0 Å². The lowest BCUT2D eigenvalue weighted by Crippen LogP contribution is -2.49. The fourth-order valence-corrected chi connectivity index (χ4v) is 5.13. The number of hydrogen-bond donors (Lipinski definition) is 1. The molecule has 1 aromatic carbocycles. The summed E-state index contributed by atoms with van der Waals surface area (Å²) >= 11 is 0. The summed E-state index contributed by atoms with van der Waals surface area (Å²) in [6, 6.07) is 3.69. The first-order chi connectivity index (χ1) is 12.9. The van der Waals surface area contributed by atoms with E-state index in [0.717, 1.165) is 18.2 Å². The molecular weight excluding hydrogens is 409 g/mol. The summed E-state index contributed by atoms with van der Waals surface area (Å²) in [5.74, 6) is -0.596. The van der Waals surface area contributed by atoms with Gasteiger partial charge in [-0.25, -0.2) is 13.5 Å². The number of rotatable bonds is 4. The van der Waals surface area contributed by atoms with Gasteiger partial charge in [0, 0.05) is 13.0 Å². The zero-order valence-corrected chi connectivity index (χ0v) is 16.0.